The first-order chi connectivity index (χ1) is 12.2. The topological polar surface area (TPSA) is 40.9 Å². The fourth-order valence-electron chi connectivity index (χ4n) is 2.46. The third-order valence-electron chi connectivity index (χ3n) is 3.88. The number of rotatable bonds is 4. The van der Waals surface area contributed by atoms with Crippen LogP contribution in [0, 0.1) is 11.3 Å². The summed E-state index contributed by atoms with van der Waals surface area (Å²) >= 11 is 6.18. The van der Waals surface area contributed by atoms with Gasteiger partial charge in [-0.1, -0.05) is 78.4 Å². The van der Waals surface area contributed by atoms with E-state index in [0.717, 1.165) is 28.5 Å². The minimum absolute atomic E-state index is 0.548. The smallest absolute Gasteiger partial charge is 0.150 e. The van der Waals surface area contributed by atoms with Crippen LogP contribution in [0.1, 0.15) is 27.0 Å². The third kappa shape index (κ3) is 4.03. The molecule has 0 saturated heterocycles. The highest BCUT2D eigenvalue weighted by Crippen LogP contribution is 2.23. The van der Waals surface area contributed by atoms with Crippen molar-refractivity contribution in [3.05, 3.63) is 94.0 Å². The molecule has 2 nitrogen and oxygen atoms in total. The summed E-state index contributed by atoms with van der Waals surface area (Å²) in [4.78, 5) is 10.7. The van der Waals surface area contributed by atoms with Crippen molar-refractivity contribution in [2.75, 3.05) is 0 Å². The van der Waals surface area contributed by atoms with Crippen LogP contribution in [0.4, 0.5) is 0 Å². The van der Waals surface area contributed by atoms with E-state index in [1.54, 1.807) is 12.1 Å². The molecule has 0 aliphatic heterocycles. The molecule has 3 aromatic carbocycles. The maximum absolute atomic E-state index is 10.7. The van der Waals surface area contributed by atoms with Crippen LogP contribution in [0.5, 0.6) is 0 Å². The molecule has 3 rings (SSSR count). The number of halogens is 1. The molecular weight excluding hydrogens is 330 g/mol. The lowest BCUT2D eigenvalue weighted by Gasteiger charge is -2.03. The Kier molecular flexibility index (Phi) is 5.09. The van der Waals surface area contributed by atoms with E-state index in [4.69, 9.17) is 16.9 Å². The van der Waals surface area contributed by atoms with Gasteiger partial charge >= 0.3 is 0 Å². The second-order valence-electron chi connectivity index (χ2n) is 5.54. The lowest BCUT2D eigenvalue weighted by atomic mass is 10.0. The van der Waals surface area contributed by atoms with Gasteiger partial charge in [-0.15, -0.1) is 0 Å². The molecule has 0 aliphatic carbocycles. The Balaban J connectivity index is 1.78. The van der Waals surface area contributed by atoms with Gasteiger partial charge in [-0.05, 0) is 34.4 Å². The molecule has 0 bridgehead atoms. The highest BCUT2D eigenvalue weighted by molar-refractivity contribution is 6.32. The monoisotopic (exact) mass is 343 g/mol. The highest BCUT2D eigenvalue weighted by atomic mass is 35.5. The van der Waals surface area contributed by atoms with Gasteiger partial charge in [0.1, 0.15) is 6.29 Å². The summed E-state index contributed by atoms with van der Waals surface area (Å²) in [5.74, 6) is 0. The van der Waals surface area contributed by atoms with Crippen LogP contribution in [-0.2, 0) is 0 Å². The first kappa shape index (κ1) is 16.7. The number of hydrogen-bond acceptors (Lipinski definition) is 2. The minimum Gasteiger partial charge on any atom is -0.298 e. The van der Waals surface area contributed by atoms with Gasteiger partial charge in [0.05, 0.1) is 11.6 Å². The fourth-order valence-corrected chi connectivity index (χ4v) is 2.70. The fraction of sp³-hybridized carbons (Fsp3) is 0. The van der Waals surface area contributed by atoms with Crippen molar-refractivity contribution >= 4 is 30.0 Å². The quantitative estimate of drug-likeness (QED) is 0.439. The average Bonchev–Trinajstić information content (AvgIpc) is 2.67. The summed E-state index contributed by atoms with van der Waals surface area (Å²) < 4.78 is 0. The van der Waals surface area contributed by atoms with E-state index in [2.05, 4.69) is 6.07 Å². The zero-order valence-electron chi connectivity index (χ0n) is 13.3. The molecule has 0 heterocycles. The molecule has 0 unspecified atom stereocenters. The van der Waals surface area contributed by atoms with E-state index in [0.29, 0.717) is 16.1 Å². The van der Waals surface area contributed by atoms with Crippen molar-refractivity contribution in [3.63, 3.8) is 0 Å². The van der Waals surface area contributed by atoms with E-state index in [1.807, 2.05) is 66.7 Å². The second kappa shape index (κ2) is 7.61. The predicted octanol–water partition coefficient (Wildman–Crippen LogP) is 5.86. The number of nitrogens with zero attached hydrogens (tertiary/aromatic N) is 1. The van der Waals surface area contributed by atoms with Crippen molar-refractivity contribution in [2.24, 2.45) is 0 Å². The lowest BCUT2D eigenvalue weighted by Crippen LogP contribution is -1.82. The Morgan fingerprint density at radius 2 is 1.40 bits per heavy atom. The van der Waals surface area contributed by atoms with Crippen LogP contribution in [-0.4, -0.2) is 6.29 Å². The summed E-state index contributed by atoms with van der Waals surface area (Å²) in [6, 6.07) is 22.9. The molecule has 3 heteroatoms. The van der Waals surface area contributed by atoms with Crippen molar-refractivity contribution in [1.29, 1.82) is 5.26 Å². The predicted molar refractivity (Wildman–Crippen MR) is 102 cm³/mol. The molecule has 0 N–H and O–H groups in total. The Morgan fingerprint density at radius 1 is 0.800 bits per heavy atom. The van der Waals surface area contributed by atoms with E-state index in [1.165, 1.54) is 0 Å². The van der Waals surface area contributed by atoms with Crippen LogP contribution >= 0.6 is 11.6 Å². The zero-order chi connectivity index (χ0) is 17.6. The number of benzene rings is 3. The van der Waals surface area contributed by atoms with Crippen molar-refractivity contribution in [2.45, 2.75) is 0 Å². The van der Waals surface area contributed by atoms with Crippen LogP contribution in [0.25, 0.3) is 23.3 Å². The maximum atomic E-state index is 10.7. The van der Waals surface area contributed by atoms with Gasteiger partial charge in [-0.25, -0.2) is 0 Å². The Morgan fingerprint density at radius 3 is 1.92 bits per heavy atom. The number of hydrogen-bond donors (Lipinski definition) is 0. The number of nitriles is 1. The molecule has 0 atom stereocenters. The first-order valence-electron chi connectivity index (χ1n) is 7.73. The number of carbonyl (C=O) groups is 1. The normalized spacial score (nSPS) is 10.6. The molecule has 0 aromatic heterocycles. The van der Waals surface area contributed by atoms with Gasteiger partial charge in [0.15, 0.2) is 0 Å². The standard InChI is InChI=1S/C22H14ClNO/c23-22-13-18(14-24)6-12-21(22)11-3-16-1-7-19(8-2-16)20-9-4-17(15-25)5-10-20/h1-13,15H. The van der Waals surface area contributed by atoms with E-state index in [-0.39, 0.29) is 0 Å². The molecule has 3 aromatic rings. The third-order valence-corrected chi connectivity index (χ3v) is 4.20. The first-order valence-corrected chi connectivity index (χ1v) is 8.11. The molecular formula is C22H14ClNO. The number of aldehydes is 1. The molecule has 0 aliphatic rings. The molecule has 0 saturated carbocycles. The summed E-state index contributed by atoms with van der Waals surface area (Å²) in [5.41, 5.74) is 5.29. The van der Waals surface area contributed by atoms with Crippen LogP contribution in [0.3, 0.4) is 0 Å². The van der Waals surface area contributed by atoms with Gasteiger partial charge in [0.2, 0.25) is 0 Å². The van der Waals surface area contributed by atoms with Crippen molar-refractivity contribution in [1.82, 2.24) is 0 Å². The molecule has 0 radical (unpaired) electrons. The Hall–Kier alpha value is -3.15. The molecule has 0 fully saturated rings. The van der Waals surface area contributed by atoms with Gasteiger partial charge in [-0.3, -0.25) is 4.79 Å². The number of carbonyl (C=O) groups excluding carboxylic acids is 1. The molecule has 0 amide bonds. The maximum Gasteiger partial charge on any atom is 0.150 e. The highest BCUT2D eigenvalue weighted by Gasteiger charge is 2.00. The van der Waals surface area contributed by atoms with E-state index >= 15 is 0 Å². The summed E-state index contributed by atoms with van der Waals surface area (Å²) in [7, 11) is 0. The van der Waals surface area contributed by atoms with Crippen LogP contribution in [0.15, 0.2) is 66.7 Å². The Labute approximate surface area is 151 Å². The largest absolute Gasteiger partial charge is 0.298 e. The molecule has 0 spiro atoms. The summed E-state index contributed by atoms with van der Waals surface area (Å²) in [6.07, 6.45) is 4.75. The lowest BCUT2D eigenvalue weighted by molar-refractivity contribution is 0.112. The van der Waals surface area contributed by atoms with Gasteiger partial charge in [-0.2, -0.15) is 5.26 Å². The van der Waals surface area contributed by atoms with Gasteiger partial charge < -0.3 is 0 Å². The SMILES string of the molecule is N#Cc1ccc(C=Cc2ccc(-c3ccc(C=O)cc3)cc2)c(Cl)c1. The second-order valence-corrected chi connectivity index (χ2v) is 5.95. The van der Waals surface area contributed by atoms with Crippen molar-refractivity contribution < 1.29 is 4.79 Å². The zero-order valence-corrected chi connectivity index (χ0v) is 14.1. The molecule has 120 valence electrons. The van der Waals surface area contributed by atoms with Crippen LogP contribution in [0.2, 0.25) is 5.02 Å². The van der Waals surface area contributed by atoms with Crippen molar-refractivity contribution in [3.8, 4) is 17.2 Å². The van der Waals surface area contributed by atoms with E-state index in [9.17, 15) is 4.79 Å². The van der Waals surface area contributed by atoms with Gasteiger partial charge in [0, 0.05) is 10.6 Å². The van der Waals surface area contributed by atoms with Gasteiger partial charge in [0.25, 0.3) is 0 Å². The summed E-state index contributed by atoms with van der Waals surface area (Å²) in [6.45, 7) is 0. The molecule has 25 heavy (non-hydrogen) atoms. The summed E-state index contributed by atoms with van der Waals surface area (Å²) in [5, 5.41) is 9.42. The average molecular weight is 344 g/mol. The van der Waals surface area contributed by atoms with E-state index < -0.39 is 0 Å². The minimum atomic E-state index is 0.548. The Bertz CT molecular complexity index is 964. The van der Waals surface area contributed by atoms with Crippen LogP contribution < -0.4 is 0 Å².